The van der Waals surface area contributed by atoms with Gasteiger partial charge in [0.05, 0.1) is 19.3 Å². The first-order chi connectivity index (χ1) is 33.5. The average molecular weight is 1030 g/mol. The van der Waals surface area contributed by atoms with Crippen molar-refractivity contribution in [2.75, 3.05) is 25.6 Å². The van der Waals surface area contributed by atoms with E-state index in [0.717, 1.165) is 55.2 Å². The number of carbonyl (C=O) groups is 2. The van der Waals surface area contributed by atoms with Gasteiger partial charge in [0.25, 0.3) is 0 Å². The third-order valence-electron chi connectivity index (χ3n) is 11.5. The van der Waals surface area contributed by atoms with Gasteiger partial charge in [-0.25, -0.2) is 13.9 Å². The lowest BCUT2D eigenvalue weighted by Gasteiger charge is -2.21. The van der Waals surface area contributed by atoms with E-state index < -0.39 is 89.8 Å². The smallest absolute Gasteiger partial charge is 0.462 e. The van der Waals surface area contributed by atoms with E-state index in [2.05, 4.69) is 42.2 Å². The van der Waals surface area contributed by atoms with Gasteiger partial charge >= 0.3 is 33.3 Å². The number of hydrogen-bond donors (Lipinski definition) is 6. The van der Waals surface area contributed by atoms with Gasteiger partial charge in [0.1, 0.15) is 30.7 Å². The molecule has 7 N–H and O–H groups in total. The number of nitrogen functional groups attached to an aromatic ring is 1. The van der Waals surface area contributed by atoms with Crippen molar-refractivity contribution in [2.24, 2.45) is 5.92 Å². The third kappa shape index (κ3) is 29.3. The van der Waals surface area contributed by atoms with Crippen molar-refractivity contribution in [3.63, 3.8) is 0 Å². The molecule has 1 aliphatic heterocycles. The highest BCUT2D eigenvalue weighted by atomic mass is 31.3. The number of carbonyl (C=O) groups excluding carboxylic acids is 2. The second-order valence-electron chi connectivity index (χ2n) is 17.8. The number of hydrogen-bond acceptors (Lipinski definition) is 16. The Balaban J connectivity index is 1.86. The maximum atomic E-state index is 12.8. The Bertz CT molecular complexity index is 1890. The van der Waals surface area contributed by atoms with Crippen molar-refractivity contribution >= 4 is 33.4 Å². The zero-order valence-corrected chi connectivity index (χ0v) is 43.4. The molecule has 2 heterocycles. The molecular weight excluding hydrogens is 948 g/mol. The molecule has 1 saturated heterocycles. The molecule has 9 atom stereocenters. The largest absolute Gasteiger partial charge is 0.481 e. The van der Waals surface area contributed by atoms with Crippen molar-refractivity contribution in [2.45, 2.75) is 199 Å². The topological polar surface area (TPSA) is 286 Å². The Labute approximate surface area is 414 Å². The maximum Gasteiger partial charge on any atom is 0.481 e. The molecule has 1 aromatic rings. The van der Waals surface area contributed by atoms with Gasteiger partial charge in [0, 0.05) is 19.0 Å². The van der Waals surface area contributed by atoms with Crippen molar-refractivity contribution in [1.29, 1.82) is 0 Å². The number of aliphatic hydroxyl groups is 3. The number of esters is 2. The van der Waals surface area contributed by atoms with E-state index in [1.54, 1.807) is 18.2 Å². The zero-order valence-electron chi connectivity index (χ0n) is 41.6. The fourth-order valence-electron chi connectivity index (χ4n) is 7.18. The van der Waals surface area contributed by atoms with E-state index in [1.807, 2.05) is 18.2 Å². The summed E-state index contributed by atoms with van der Waals surface area (Å²) in [5.41, 5.74) is 4.57. The van der Waals surface area contributed by atoms with Crippen LogP contribution in [-0.4, -0.2) is 96.9 Å². The number of nitrogens with zero attached hydrogens (tertiary/aromatic N) is 2. The van der Waals surface area contributed by atoms with E-state index in [0.29, 0.717) is 25.7 Å². The molecule has 2 rings (SSSR count). The SMILES string of the molecule is CCCCC/C=C\C/C=C\CC(O)/C=C\C=C\CCCC(=O)OC[C@H](COP(=O)(O)OP(=O)(O)OC[C@H]1O[C@@H](n2ccc(N)nc2=O)[C@H](O)[C@@H]1O)OC(=O)CCCCCCCCCCCCC(C)CC. The number of unbranched alkanes of at least 4 members (excludes halogenated alkanes) is 13. The molecule has 0 amide bonds. The summed E-state index contributed by atoms with van der Waals surface area (Å²) in [6.45, 7) is 4.29. The lowest BCUT2D eigenvalue weighted by molar-refractivity contribution is -0.161. The molecule has 0 bridgehead atoms. The van der Waals surface area contributed by atoms with E-state index in [-0.39, 0.29) is 18.7 Å². The number of rotatable bonds is 40. The summed E-state index contributed by atoms with van der Waals surface area (Å²) in [5.74, 6) is -0.645. The number of ether oxygens (including phenoxy) is 3. The molecule has 400 valence electrons. The molecule has 21 heteroatoms. The normalized spacial score (nSPS) is 20.6. The van der Waals surface area contributed by atoms with Crippen LogP contribution >= 0.6 is 15.6 Å². The lowest BCUT2D eigenvalue weighted by atomic mass is 9.99. The quantitative estimate of drug-likeness (QED) is 0.0117. The van der Waals surface area contributed by atoms with Gasteiger partial charge in [-0.05, 0) is 56.9 Å². The van der Waals surface area contributed by atoms with Crippen molar-refractivity contribution in [1.82, 2.24) is 9.55 Å². The number of nitrogens with two attached hydrogens (primary N) is 1. The highest BCUT2D eigenvalue weighted by Crippen LogP contribution is 2.60. The minimum atomic E-state index is -5.45. The van der Waals surface area contributed by atoms with Gasteiger partial charge < -0.3 is 45.1 Å². The van der Waals surface area contributed by atoms with E-state index in [4.69, 9.17) is 29.0 Å². The molecule has 0 radical (unpaired) electrons. The van der Waals surface area contributed by atoms with Crippen LogP contribution in [0, 0.1) is 5.92 Å². The summed E-state index contributed by atoms with van der Waals surface area (Å²) in [6, 6.07) is 1.24. The Morgan fingerprint density at radius 1 is 0.814 bits per heavy atom. The van der Waals surface area contributed by atoms with Crippen molar-refractivity contribution in [3.8, 4) is 0 Å². The molecule has 70 heavy (non-hydrogen) atoms. The predicted molar refractivity (Wildman–Crippen MR) is 267 cm³/mol. The standard InChI is InChI=1S/C49H83N3O16P2/c1-4-6-7-8-9-12-16-20-25-30-40(53)31-26-21-18-23-27-32-44(54)63-36-41(66-45(55)33-28-22-17-14-11-10-13-15-19-24-29-39(3)5-2)37-64-69(59,60)68-70(61,62)65-38-42-46(56)47(57)48(67-42)52-35-34-43(50)51-49(52)58/h9,12,18,20-21,25-26,31,34-35,39-42,46-48,53,56-57H,4-8,10-11,13-17,19,22-24,27-30,32-33,36-38H2,1-3H3,(H,59,60)(H,61,62)(H2,50,51,58)/b12-9-,21-18+,25-20-,31-26-/t39?,40?,41-,42-,46-,47-,48-/m1/s1. The molecule has 0 aliphatic carbocycles. The summed E-state index contributed by atoms with van der Waals surface area (Å²) in [6.07, 6.45) is 28.0. The van der Waals surface area contributed by atoms with Crippen molar-refractivity contribution < 1.29 is 71.4 Å². The molecule has 0 saturated carbocycles. The molecule has 0 aromatic carbocycles. The minimum absolute atomic E-state index is 0.00823. The molecule has 1 fully saturated rings. The molecule has 4 unspecified atom stereocenters. The number of allylic oxidation sites excluding steroid dienone is 6. The molecule has 1 aromatic heterocycles. The minimum Gasteiger partial charge on any atom is -0.462 e. The van der Waals surface area contributed by atoms with Crippen LogP contribution < -0.4 is 11.4 Å². The Kier molecular flexibility index (Phi) is 32.8. The fourth-order valence-corrected chi connectivity index (χ4v) is 9.30. The molecule has 1 aliphatic rings. The predicted octanol–water partition coefficient (Wildman–Crippen LogP) is 8.99. The first-order valence-corrected chi connectivity index (χ1v) is 28.1. The summed E-state index contributed by atoms with van der Waals surface area (Å²) < 4.78 is 56.6. The van der Waals surface area contributed by atoms with Crippen LogP contribution in [0.2, 0.25) is 0 Å². The fraction of sp³-hybridized carbons (Fsp3) is 0.714. The Morgan fingerprint density at radius 2 is 1.46 bits per heavy atom. The third-order valence-corrected chi connectivity index (χ3v) is 14.1. The van der Waals surface area contributed by atoms with Gasteiger partial charge in [0.2, 0.25) is 0 Å². The lowest BCUT2D eigenvalue weighted by Crippen LogP contribution is -2.36. The van der Waals surface area contributed by atoms with Gasteiger partial charge in [-0.2, -0.15) is 9.29 Å². The van der Waals surface area contributed by atoms with Crippen LogP contribution in [0.25, 0.3) is 0 Å². The summed E-state index contributed by atoms with van der Waals surface area (Å²) in [4.78, 5) is 61.8. The number of anilines is 1. The van der Waals surface area contributed by atoms with Crippen LogP contribution in [0.5, 0.6) is 0 Å². The summed E-state index contributed by atoms with van der Waals surface area (Å²) in [5, 5.41) is 31.1. The van der Waals surface area contributed by atoms with Gasteiger partial charge in [0.15, 0.2) is 12.3 Å². The number of phosphoric acid groups is 2. The number of aromatic nitrogens is 2. The van der Waals surface area contributed by atoms with E-state index >= 15 is 0 Å². The molecule has 0 spiro atoms. The number of phosphoric ester groups is 2. The van der Waals surface area contributed by atoms with Crippen LogP contribution in [-0.2, 0) is 46.3 Å². The summed E-state index contributed by atoms with van der Waals surface area (Å²) in [7, 11) is -10.9. The monoisotopic (exact) mass is 1030 g/mol. The highest BCUT2D eigenvalue weighted by molar-refractivity contribution is 7.61. The van der Waals surface area contributed by atoms with E-state index in [1.165, 1.54) is 70.3 Å². The Hall–Kier alpha value is -3.32. The van der Waals surface area contributed by atoms with Crippen LogP contribution in [0.4, 0.5) is 5.82 Å². The van der Waals surface area contributed by atoms with E-state index in [9.17, 15) is 48.6 Å². The number of aliphatic hydroxyl groups excluding tert-OH is 3. The second kappa shape index (κ2) is 36.6. The molecular formula is C49H83N3O16P2. The average Bonchev–Trinajstić information content (AvgIpc) is 3.59. The van der Waals surface area contributed by atoms with Gasteiger partial charge in [-0.3, -0.25) is 23.2 Å². The first kappa shape index (κ1) is 62.8. The van der Waals surface area contributed by atoms with Gasteiger partial charge in [-0.1, -0.05) is 153 Å². The van der Waals surface area contributed by atoms with Gasteiger partial charge in [-0.15, -0.1) is 0 Å². The Morgan fingerprint density at radius 3 is 2.14 bits per heavy atom. The van der Waals surface area contributed by atoms with Crippen LogP contribution in [0.15, 0.2) is 65.7 Å². The molecule has 19 nitrogen and oxygen atoms in total. The van der Waals surface area contributed by atoms with Crippen molar-refractivity contribution in [3.05, 3.63) is 71.4 Å². The van der Waals surface area contributed by atoms with Crippen LogP contribution in [0.3, 0.4) is 0 Å². The summed E-state index contributed by atoms with van der Waals surface area (Å²) >= 11 is 0. The van der Waals surface area contributed by atoms with Crippen LogP contribution in [0.1, 0.15) is 168 Å². The first-order valence-electron chi connectivity index (χ1n) is 25.2. The second-order valence-corrected chi connectivity index (χ2v) is 20.8. The zero-order chi connectivity index (χ0) is 51.6. The maximum absolute atomic E-state index is 12.8. The highest BCUT2D eigenvalue weighted by Gasteiger charge is 2.46.